The van der Waals surface area contributed by atoms with Crippen molar-refractivity contribution in [3.05, 3.63) is 23.9 Å². The van der Waals surface area contributed by atoms with Crippen molar-refractivity contribution in [3.63, 3.8) is 0 Å². The van der Waals surface area contributed by atoms with Gasteiger partial charge in [-0.15, -0.1) is 0 Å². The maximum absolute atomic E-state index is 4.70. The van der Waals surface area contributed by atoms with Crippen LogP contribution in [-0.4, -0.2) is 24.6 Å². The summed E-state index contributed by atoms with van der Waals surface area (Å²) in [6, 6.07) is 5.30. The summed E-state index contributed by atoms with van der Waals surface area (Å²) < 4.78 is 0. The van der Waals surface area contributed by atoms with E-state index in [2.05, 4.69) is 57.0 Å². The third kappa shape index (κ3) is 4.48. The van der Waals surface area contributed by atoms with Gasteiger partial charge in [-0.1, -0.05) is 33.8 Å². The molecule has 1 N–H and O–H groups in total. The fraction of sp³-hybridized carbons (Fsp3) is 0.706. The van der Waals surface area contributed by atoms with E-state index in [0.717, 1.165) is 12.4 Å². The van der Waals surface area contributed by atoms with Gasteiger partial charge in [-0.25, -0.2) is 4.98 Å². The Morgan fingerprint density at radius 2 is 1.80 bits per heavy atom. The molecule has 3 nitrogen and oxygen atoms in total. The van der Waals surface area contributed by atoms with Crippen molar-refractivity contribution in [1.82, 2.24) is 10.3 Å². The molecule has 0 aliphatic heterocycles. The number of aromatic nitrogens is 1. The highest BCUT2D eigenvalue weighted by atomic mass is 15.2. The first kappa shape index (κ1) is 17.0. The minimum Gasteiger partial charge on any atom is -0.353 e. The van der Waals surface area contributed by atoms with Gasteiger partial charge in [0.2, 0.25) is 0 Å². The van der Waals surface area contributed by atoms with E-state index in [1.807, 2.05) is 13.2 Å². The zero-order valence-corrected chi connectivity index (χ0v) is 14.0. The lowest BCUT2D eigenvalue weighted by atomic mass is 10.1. The van der Waals surface area contributed by atoms with Crippen molar-refractivity contribution >= 4 is 5.82 Å². The van der Waals surface area contributed by atoms with Crippen LogP contribution >= 0.6 is 0 Å². The second-order valence-electron chi connectivity index (χ2n) is 5.98. The van der Waals surface area contributed by atoms with E-state index in [0.29, 0.717) is 18.0 Å². The molecule has 0 aliphatic carbocycles. The minimum absolute atomic E-state index is 0.350. The highest BCUT2D eigenvalue weighted by molar-refractivity contribution is 5.41. The summed E-state index contributed by atoms with van der Waals surface area (Å²) in [5, 5.41) is 3.25. The summed E-state index contributed by atoms with van der Waals surface area (Å²) in [6.07, 6.45) is 4.34. The molecule has 3 heteroatoms. The van der Waals surface area contributed by atoms with Gasteiger partial charge in [0.1, 0.15) is 5.82 Å². The van der Waals surface area contributed by atoms with E-state index in [1.165, 1.54) is 18.4 Å². The first-order valence-electron chi connectivity index (χ1n) is 7.93. The van der Waals surface area contributed by atoms with Gasteiger partial charge in [-0.2, -0.15) is 0 Å². The van der Waals surface area contributed by atoms with E-state index in [1.54, 1.807) is 0 Å². The number of hydrogen-bond acceptors (Lipinski definition) is 3. The van der Waals surface area contributed by atoms with Gasteiger partial charge < -0.3 is 10.2 Å². The molecule has 0 bridgehead atoms. The molecule has 0 saturated carbocycles. The van der Waals surface area contributed by atoms with Gasteiger partial charge in [-0.3, -0.25) is 0 Å². The molecule has 1 rings (SSSR count). The SMILES string of the molecule is CCC(CC)N(CC(C)C)c1ccc(C(C)NC)cn1. The normalized spacial score (nSPS) is 13.0. The molecule has 1 atom stereocenters. The van der Waals surface area contributed by atoms with Crippen molar-refractivity contribution in [2.24, 2.45) is 5.92 Å². The Hall–Kier alpha value is -1.09. The first-order valence-corrected chi connectivity index (χ1v) is 7.93. The van der Waals surface area contributed by atoms with Gasteiger partial charge in [0, 0.05) is 24.8 Å². The molecule has 1 unspecified atom stereocenters. The van der Waals surface area contributed by atoms with Crippen LogP contribution in [0.15, 0.2) is 18.3 Å². The molecule has 0 aromatic carbocycles. The Labute approximate surface area is 124 Å². The van der Waals surface area contributed by atoms with Gasteiger partial charge >= 0.3 is 0 Å². The van der Waals surface area contributed by atoms with Crippen molar-refractivity contribution < 1.29 is 0 Å². The molecule has 114 valence electrons. The van der Waals surface area contributed by atoms with Gasteiger partial charge in [-0.05, 0) is 44.4 Å². The molecule has 1 heterocycles. The third-order valence-corrected chi connectivity index (χ3v) is 3.94. The molecular weight excluding hydrogens is 246 g/mol. The summed E-state index contributed by atoms with van der Waals surface area (Å²) >= 11 is 0. The fourth-order valence-electron chi connectivity index (χ4n) is 2.54. The standard InChI is InChI=1S/C17H31N3/c1-7-16(8-2)20(12-13(3)4)17-10-9-15(11-19-17)14(5)18-6/h9-11,13-14,16,18H,7-8,12H2,1-6H3. The van der Waals surface area contributed by atoms with Gasteiger partial charge in [0.25, 0.3) is 0 Å². The zero-order valence-electron chi connectivity index (χ0n) is 14.0. The Morgan fingerprint density at radius 3 is 2.20 bits per heavy atom. The lowest BCUT2D eigenvalue weighted by Gasteiger charge is -2.33. The summed E-state index contributed by atoms with van der Waals surface area (Å²) in [4.78, 5) is 7.17. The second-order valence-corrected chi connectivity index (χ2v) is 5.98. The van der Waals surface area contributed by atoms with Crippen LogP contribution in [-0.2, 0) is 0 Å². The minimum atomic E-state index is 0.350. The number of nitrogens with zero attached hydrogens (tertiary/aromatic N) is 2. The summed E-state index contributed by atoms with van der Waals surface area (Å²) in [6.45, 7) is 12.3. The van der Waals surface area contributed by atoms with E-state index >= 15 is 0 Å². The van der Waals surface area contributed by atoms with Gasteiger partial charge in [0.05, 0.1) is 0 Å². The van der Waals surface area contributed by atoms with E-state index < -0.39 is 0 Å². The monoisotopic (exact) mass is 277 g/mol. The predicted molar refractivity (Wildman–Crippen MR) is 88.3 cm³/mol. The Balaban J connectivity index is 2.95. The molecule has 0 spiro atoms. The average molecular weight is 277 g/mol. The molecule has 0 saturated heterocycles. The number of nitrogens with one attached hydrogen (secondary N) is 1. The largest absolute Gasteiger partial charge is 0.353 e. The molecule has 0 fully saturated rings. The molecule has 0 amide bonds. The summed E-state index contributed by atoms with van der Waals surface area (Å²) in [5.41, 5.74) is 1.24. The van der Waals surface area contributed by atoms with Crippen LogP contribution in [0.25, 0.3) is 0 Å². The number of hydrogen-bond donors (Lipinski definition) is 1. The zero-order chi connectivity index (χ0) is 15.1. The quantitative estimate of drug-likeness (QED) is 0.778. The van der Waals surface area contributed by atoms with Crippen LogP contribution in [0.4, 0.5) is 5.82 Å². The fourth-order valence-corrected chi connectivity index (χ4v) is 2.54. The van der Waals surface area contributed by atoms with Crippen LogP contribution < -0.4 is 10.2 Å². The third-order valence-electron chi connectivity index (χ3n) is 3.94. The highest BCUT2D eigenvalue weighted by Crippen LogP contribution is 2.21. The van der Waals surface area contributed by atoms with E-state index in [-0.39, 0.29) is 0 Å². The van der Waals surface area contributed by atoms with E-state index in [9.17, 15) is 0 Å². The van der Waals surface area contributed by atoms with Crippen LogP contribution in [0, 0.1) is 5.92 Å². The van der Waals surface area contributed by atoms with Crippen LogP contribution in [0.3, 0.4) is 0 Å². The second kappa shape index (κ2) is 8.25. The lowest BCUT2D eigenvalue weighted by Crippen LogP contribution is -2.38. The van der Waals surface area contributed by atoms with Crippen molar-refractivity contribution in [2.45, 2.75) is 59.5 Å². The first-order chi connectivity index (χ1) is 9.53. The Morgan fingerprint density at radius 1 is 1.15 bits per heavy atom. The summed E-state index contributed by atoms with van der Waals surface area (Å²) in [5.74, 6) is 1.76. The smallest absolute Gasteiger partial charge is 0.128 e. The van der Waals surface area contributed by atoms with Crippen molar-refractivity contribution in [2.75, 3.05) is 18.5 Å². The topological polar surface area (TPSA) is 28.2 Å². The van der Waals surface area contributed by atoms with Crippen LogP contribution in [0.1, 0.15) is 59.1 Å². The maximum Gasteiger partial charge on any atom is 0.128 e. The van der Waals surface area contributed by atoms with Crippen molar-refractivity contribution in [3.8, 4) is 0 Å². The van der Waals surface area contributed by atoms with Crippen LogP contribution in [0.5, 0.6) is 0 Å². The highest BCUT2D eigenvalue weighted by Gasteiger charge is 2.18. The Kier molecular flexibility index (Phi) is 7.00. The van der Waals surface area contributed by atoms with Gasteiger partial charge in [0.15, 0.2) is 0 Å². The lowest BCUT2D eigenvalue weighted by molar-refractivity contribution is 0.503. The summed E-state index contributed by atoms with van der Waals surface area (Å²) in [7, 11) is 1.98. The number of anilines is 1. The maximum atomic E-state index is 4.70. The molecule has 20 heavy (non-hydrogen) atoms. The molecule has 0 radical (unpaired) electrons. The van der Waals surface area contributed by atoms with Crippen LogP contribution in [0.2, 0.25) is 0 Å². The molecule has 1 aromatic heterocycles. The van der Waals surface area contributed by atoms with E-state index in [4.69, 9.17) is 4.98 Å². The predicted octanol–water partition coefficient (Wildman–Crippen LogP) is 4.01. The number of pyridine rings is 1. The average Bonchev–Trinajstić information content (AvgIpc) is 2.46. The van der Waals surface area contributed by atoms with Crippen molar-refractivity contribution in [1.29, 1.82) is 0 Å². The number of rotatable bonds is 8. The molecule has 1 aromatic rings. The molecule has 0 aliphatic rings. The Bertz CT molecular complexity index is 368. The molecular formula is C17H31N3.